The summed E-state index contributed by atoms with van der Waals surface area (Å²) in [6.45, 7) is 2.43. The summed E-state index contributed by atoms with van der Waals surface area (Å²) in [4.78, 5) is 14.0. The molecule has 1 aromatic carbocycles. The fourth-order valence-corrected chi connectivity index (χ4v) is 4.54. The van der Waals surface area contributed by atoms with Gasteiger partial charge < -0.3 is 10.6 Å². The molecule has 0 radical (unpaired) electrons. The van der Waals surface area contributed by atoms with E-state index in [9.17, 15) is 13.2 Å². The minimum Gasteiger partial charge on any atom is -0.399 e. The first-order chi connectivity index (χ1) is 9.93. The predicted molar refractivity (Wildman–Crippen MR) is 90.9 cm³/mol. The van der Waals surface area contributed by atoms with E-state index in [0.29, 0.717) is 31.5 Å². The minimum absolute atomic E-state index is 0. The molecular weight excluding hydrogens is 324 g/mol. The van der Waals surface area contributed by atoms with Crippen molar-refractivity contribution >= 4 is 33.8 Å². The van der Waals surface area contributed by atoms with E-state index in [1.807, 2.05) is 31.2 Å². The Morgan fingerprint density at radius 3 is 2.59 bits per heavy atom. The summed E-state index contributed by atoms with van der Waals surface area (Å²) in [7, 11) is -2.97. The van der Waals surface area contributed by atoms with Crippen LogP contribution in [0.4, 0.5) is 5.69 Å². The molecule has 0 aliphatic carbocycles. The lowest BCUT2D eigenvalue weighted by atomic mass is 10.1. The second kappa shape index (κ2) is 7.83. The topological polar surface area (TPSA) is 80.5 Å². The average Bonchev–Trinajstić information content (AvgIpc) is 2.79. The smallest absolute Gasteiger partial charge is 0.223 e. The number of benzene rings is 1. The van der Waals surface area contributed by atoms with Crippen molar-refractivity contribution < 1.29 is 13.2 Å². The minimum atomic E-state index is -2.97. The number of nitrogens with zero attached hydrogens (tertiary/aromatic N) is 1. The Kier molecular flexibility index (Phi) is 6.68. The molecule has 1 aliphatic heterocycles. The second-order valence-corrected chi connectivity index (χ2v) is 7.66. The third-order valence-corrected chi connectivity index (χ3v) is 5.72. The summed E-state index contributed by atoms with van der Waals surface area (Å²) < 4.78 is 23.1. The molecule has 2 rings (SSSR count). The summed E-state index contributed by atoms with van der Waals surface area (Å²) in [6, 6.07) is 7.33. The van der Waals surface area contributed by atoms with Crippen molar-refractivity contribution in [1.29, 1.82) is 0 Å². The molecular formula is C15H23ClN2O3S. The molecule has 0 aromatic heterocycles. The maximum Gasteiger partial charge on any atom is 0.223 e. The molecule has 0 spiro atoms. The molecule has 0 bridgehead atoms. The Morgan fingerprint density at radius 2 is 2.05 bits per heavy atom. The van der Waals surface area contributed by atoms with Gasteiger partial charge in [0.15, 0.2) is 9.84 Å². The summed E-state index contributed by atoms with van der Waals surface area (Å²) in [5.41, 5.74) is 7.52. The van der Waals surface area contributed by atoms with Crippen LogP contribution in [-0.4, -0.2) is 43.3 Å². The lowest BCUT2D eigenvalue weighted by Gasteiger charge is -2.27. The third kappa shape index (κ3) is 4.61. The fraction of sp³-hybridized carbons (Fsp3) is 0.533. The first-order valence-electron chi connectivity index (χ1n) is 7.26. The quantitative estimate of drug-likeness (QED) is 0.822. The van der Waals surface area contributed by atoms with Crippen LogP contribution >= 0.6 is 12.4 Å². The highest BCUT2D eigenvalue weighted by molar-refractivity contribution is 7.91. The van der Waals surface area contributed by atoms with Gasteiger partial charge >= 0.3 is 0 Å². The highest BCUT2D eigenvalue weighted by Crippen LogP contribution is 2.20. The number of hydrogen-bond donors (Lipinski definition) is 1. The molecule has 1 atom stereocenters. The van der Waals surface area contributed by atoms with Gasteiger partial charge in [0.1, 0.15) is 0 Å². The van der Waals surface area contributed by atoms with Crippen molar-refractivity contribution in [3.63, 3.8) is 0 Å². The average molecular weight is 347 g/mol. The highest BCUT2D eigenvalue weighted by Gasteiger charge is 2.33. The number of hydrogen-bond acceptors (Lipinski definition) is 4. The van der Waals surface area contributed by atoms with Gasteiger partial charge in [0.05, 0.1) is 11.5 Å². The highest BCUT2D eigenvalue weighted by atomic mass is 35.5. The van der Waals surface area contributed by atoms with E-state index >= 15 is 0 Å². The van der Waals surface area contributed by atoms with E-state index in [0.717, 1.165) is 5.56 Å². The summed E-state index contributed by atoms with van der Waals surface area (Å²) in [6.07, 6.45) is 1.50. The fourth-order valence-electron chi connectivity index (χ4n) is 2.81. The zero-order chi connectivity index (χ0) is 15.5. The van der Waals surface area contributed by atoms with E-state index in [-0.39, 0.29) is 35.9 Å². The van der Waals surface area contributed by atoms with Crippen LogP contribution in [0.15, 0.2) is 24.3 Å². The van der Waals surface area contributed by atoms with Gasteiger partial charge in [0, 0.05) is 24.7 Å². The molecule has 1 heterocycles. The number of halogens is 1. The molecule has 1 fully saturated rings. The molecule has 22 heavy (non-hydrogen) atoms. The monoisotopic (exact) mass is 346 g/mol. The van der Waals surface area contributed by atoms with Crippen molar-refractivity contribution in [2.24, 2.45) is 0 Å². The van der Waals surface area contributed by atoms with Gasteiger partial charge in [-0.05, 0) is 31.4 Å². The number of carbonyl (C=O) groups is 1. The number of aryl methyl sites for hydroxylation is 1. The predicted octanol–water partition coefficient (Wildman–Crippen LogP) is 1.66. The zero-order valence-corrected chi connectivity index (χ0v) is 14.3. The molecule has 1 aromatic rings. The van der Waals surface area contributed by atoms with Crippen molar-refractivity contribution in [3.05, 3.63) is 29.8 Å². The van der Waals surface area contributed by atoms with Crippen LogP contribution in [0.3, 0.4) is 0 Å². The van der Waals surface area contributed by atoms with Gasteiger partial charge in [-0.2, -0.15) is 0 Å². The molecule has 0 saturated carbocycles. The number of para-hydroxylation sites is 1. The number of rotatable bonds is 5. The van der Waals surface area contributed by atoms with Gasteiger partial charge in [-0.15, -0.1) is 12.4 Å². The molecule has 2 N–H and O–H groups in total. The number of nitrogens with two attached hydrogens (primary N) is 1. The van der Waals surface area contributed by atoms with Crippen molar-refractivity contribution in [3.8, 4) is 0 Å². The molecule has 1 unspecified atom stereocenters. The maximum absolute atomic E-state index is 12.3. The SMILES string of the molecule is CCN(C(=O)CCc1ccccc1N)C1CCS(=O)(=O)C1.Cl. The van der Waals surface area contributed by atoms with E-state index in [4.69, 9.17) is 5.73 Å². The van der Waals surface area contributed by atoms with Crippen molar-refractivity contribution in [1.82, 2.24) is 4.90 Å². The number of nitrogen functional groups attached to an aromatic ring is 1. The number of carbonyl (C=O) groups excluding carboxylic acids is 1. The van der Waals surface area contributed by atoms with Crippen molar-refractivity contribution in [2.45, 2.75) is 32.2 Å². The lowest BCUT2D eigenvalue weighted by Crippen LogP contribution is -2.41. The van der Waals surface area contributed by atoms with Crippen LogP contribution in [0.5, 0.6) is 0 Å². The zero-order valence-electron chi connectivity index (χ0n) is 12.7. The van der Waals surface area contributed by atoms with Crippen LogP contribution in [0.25, 0.3) is 0 Å². The normalized spacial score (nSPS) is 19.4. The Balaban J connectivity index is 0.00000242. The van der Waals surface area contributed by atoms with Crippen molar-refractivity contribution in [2.75, 3.05) is 23.8 Å². The molecule has 124 valence electrons. The third-order valence-electron chi connectivity index (χ3n) is 3.97. The van der Waals surface area contributed by atoms with Crippen LogP contribution in [-0.2, 0) is 21.1 Å². The Hall–Kier alpha value is -1.27. The number of sulfone groups is 1. The Bertz CT molecular complexity index is 619. The molecule has 1 amide bonds. The molecule has 7 heteroatoms. The second-order valence-electron chi connectivity index (χ2n) is 5.44. The summed E-state index contributed by atoms with van der Waals surface area (Å²) in [5.74, 6) is 0.287. The van der Waals surface area contributed by atoms with Gasteiger partial charge in [-0.25, -0.2) is 8.42 Å². The largest absolute Gasteiger partial charge is 0.399 e. The lowest BCUT2D eigenvalue weighted by molar-refractivity contribution is -0.132. The summed E-state index contributed by atoms with van der Waals surface area (Å²) in [5, 5.41) is 0. The van der Waals surface area contributed by atoms with E-state index < -0.39 is 9.84 Å². The first kappa shape index (κ1) is 18.8. The van der Waals surface area contributed by atoms with Gasteiger partial charge in [-0.1, -0.05) is 18.2 Å². The first-order valence-corrected chi connectivity index (χ1v) is 9.08. The molecule has 1 saturated heterocycles. The standard InChI is InChI=1S/C15H22N2O3S.ClH/c1-2-17(13-9-10-21(19,20)11-13)15(18)8-7-12-5-3-4-6-14(12)16;/h3-6,13H,2,7-11,16H2,1H3;1H. The van der Waals surface area contributed by atoms with Gasteiger partial charge in [-0.3, -0.25) is 4.79 Å². The maximum atomic E-state index is 12.3. The van der Waals surface area contributed by atoms with E-state index in [1.165, 1.54) is 0 Å². The summed E-state index contributed by atoms with van der Waals surface area (Å²) >= 11 is 0. The molecule has 5 nitrogen and oxygen atoms in total. The number of amides is 1. The van der Waals surface area contributed by atoms with Crippen LogP contribution in [0.1, 0.15) is 25.3 Å². The van der Waals surface area contributed by atoms with Gasteiger partial charge in [0.2, 0.25) is 5.91 Å². The van der Waals surface area contributed by atoms with Gasteiger partial charge in [0.25, 0.3) is 0 Å². The van der Waals surface area contributed by atoms with Crippen LogP contribution in [0.2, 0.25) is 0 Å². The Labute approximate surface area is 138 Å². The molecule has 1 aliphatic rings. The van der Waals surface area contributed by atoms with Crippen LogP contribution < -0.4 is 5.73 Å². The van der Waals surface area contributed by atoms with E-state index in [1.54, 1.807) is 4.90 Å². The van der Waals surface area contributed by atoms with Crippen LogP contribution in [0, 0.1) is 0 Å². The Morgan fingerprint density at radius 1 is 1.36 bits per heavy atom. The van der Waals surface area contributed by atoms with E-state index in [2.05, 4.69) is 0 Å². The number of anilines is 1.